The van der Waals surface area contributed by atoms with Crippen LogP contribution in [0.4, 0.5) is 0 Å². The highest BCUT2D eigenvalue weighted by Crippen LogP contribution is 2.21. The predicted octanol–water partition coefficient (Wildman–Crippen LogP) is 1.84. The first-order valence-corrected chi connectivity index (χ1v) is 8.28. The van der Waals surface area contributed by atoms with Gasteiger partial charge in [-0.05, 0) is 31.2 Å². The Morgan fingerprint density at radius 3 is 2.92 bits per heavy atom. The Balaban J connectivity index is 1.47. The summed E-state index contributed by atoms with van der Waals surface area (Å²) in [5.41, 5.74) is 0.682. The molecule has 0 aliphatic carbocycles. The SMILES string of the molecule is O=C(NCCCN1CCOCC1)c1nnc(-c2cccc(Cl)c2)o1. The van der Waals surface area contributed by atoms with Gasteiger partial charge in [-0.2, -0.15) is 0 Å². The Morgan fingerprint density at radius 1 is 1.29 bits per heavy atom. The van der Waals surface area contributed by atoms with E-state index >= 15 is 0 Å². The molecular formula is C16H19ClN4O3. The number of nitrogens with one attached hydrogen (secondary N) is 1. The summed E-state index contributed by atoms with van der Waals surface area (Å²) in [5, 5.41) is 11.0. The fourth-order valence-electron chi connectivity index (χ4n) is 2.46. The van der Waals surface area contributed by atoms with E-state index in [-0.39, 0.29) is 17.7 Å². The fraction of sp³-hybridized carbons (Fsp3) is 0.438. The summed E-state index contributed by atoms with van der Waals surface area (Å²) in [6.07, 6.45) is 0.862. The zero-order chi connectivity index (χ0) is 16.8. The Labute approximate surface area is 144 Å². The second-order valence-corrected chi connectivity index (χ2v) is 5.92. The van der Waals surface area contributed by atoms with Crippen LogP contribution >= 0.6 is 11.6 Å². The molecule has 0 unspecified atom stereocenters. The van der Waals surface area contributed by atoms with Crippen molar-refractivity contribution in [2.24, 2.45) is 0 Å². The van der Waals surface area contributed by atoms with Gasteiger partial charge in [0.05, 0.1) is 13.2 Å². The van der Waals surface area contributed by atoms with Gasteiger partial charge in [0.25, 0.3) is 0 Å². The van der Waals surface area contributed by atoms with E-state index in [1.54, 1.807) is 24.3 Å². The van der Waals surface area contributed by atoms with Crippen molar-refractivity contribution in [2.75, 3.05) is 39.4 Å². The molecule has 0 atom stereocenters. The first kappa shape index (κ1) is 16.9. The highest BCUT2D eigenvalue weighted by Gasteiger charge is 2.16. The third-order valence-corrected chi connectivity index (χ3v) is 3.97. The minimum absolute atomic E-state index is 0.0450. The van der Waals surface area contributed by atoms with Crippen LogP contribution in [0.25, 0.3) is 11.5 Å². The van der Waals surface area contributed by atoms with Crippen LogP contribution in [0.3, 0.4) is 0 Å². The fourth-order valence-corrected chi connectivity index (χ4v) is 2.65. The molecule has 0 saturated carbocycles. The molecule has 1 aromatic heterocycles. The molecule has 1 fully saturated rings. The molecule has 1 aliphatic heterocycles. The summed E-state index contributed by atoms with van der Waals surface area (Å²) in [5.74, 6) is -0.134. The molecule has 8 heteroatoms. The molecule has 0 radical (unpaired) electrons. The molecule has 24 heavy (non-hydrogen) atoms. The number of carbonyl (C=O) groups is 1. The van der Waals surface area contributed by atoms with Crippen molar-refractivity contribution in [3.05, 3.63) is 35.2 Å². The first-order valence-electron chi connectivity index (χ1n) is 7.90. The Morgan fingerprint density at radius 2 is 2.12 bits per heavy atom. The average Bonchev–Trinajstić information content (AvgIpc) is 3.10. The van der Waals surface area contributed by atoms with Crippen molar-refractivity contribution in [1.82, 2.24) is 20.4 Å². The van der Waals surface area contributed by atoms with Crippen LogP contribution in [-0.4, -0.2) is 60.4 Å². The van der Waals surface area contributed by atoms with E-state index in [4.69, 9.17) is 20.8 Å². The van der Waals surface area contributed by atoms with Crippen LogP contribution in [-0.2, 0) is 4.74 Å². The van der Waals surface area contributed by atoms with Gasteiger partial charge >= 0.3 is 11.8 Å². The summed E-state index contributed by atoms with van der Waals surface area (Å²) < 4.78 is 10.7. The van der Waals surface area contributed by atoms with Gasteiger partial charge in [-0.3, -0.25) is 9.69 Å². The second kappa shape index (κ2) is 8.23. The summed E-state index contributed by atoms with van der Waals surface area (Å²) in [7, 11) is 0. The number of halogens is 1. The van der Waals surface area contributed by atoms with Crippen molar-refractivity contribution in [2.45, 2.75) is 6.42 Å². The number of morpholine rings is 1. The van der Waals surface area contributed by atoms with Gasteiger partial charge in [0.2, 0.25) is 5.89 Å². The molecule has 1 saturated heterocycles. The maximum Gasteiger partial charge on any atom is 0.308 e. The van der Waals surface area contributed by atoms with Gasteiger partial charge in [0.15, 0.2) is 0 Å². The van der Waals surface area contributed by atoms with Gasteiger partial charge in [-0.1, -0.05) is 17.7 Å². The maximum absolute atomic E-state index is 12.0. The topological polar surface area (TPSA) is 80.5 Å². The largest absolute Gasteiger partial charge is 0.412 e. The van der Waals surface area contributed by atoms with Gasteiger partial charge in [0.1, 0.15) is 0 Å². The molecule has 1 N–H and O–H groups in total. The third kappa shape index (κ3) is 4.53. The minimum Gasteiger partial charge on any atom is -0.412 e. The highest BCUT2D eigenvalue weighted by molar-refractivity contribution is 6.30. The number of hydrogen-bond donors (Lipinski definition) is 1. The van der Waals surface area contributed by atoms with E-state index < -0.39 is 0 Å². The molecule has 1 amide bonds. The number of nitrogens with zero attached hydrogens (tertiary/aromatic N) is 3. The highest BCUT2D eigenvalue weighted by atomic mass is 35.5. The minimum atomic E-state index is -0.363. The summed E-state index contributed by atoms with van der Waals surface area (Å²) >= 11 is 5.93. The Kier molecular flexibility index (Phi) is 5.79. The van der Waals surface area contributed by atoms with Crippen molar-refractivity contribution < 1.29 is 13.9 Å². The molecule has 2 heterocycles. The van der Waals surface area contributed by atoms with Crippen molar-refractivity contribution in [3.63, 3.8) is 0 Å². The van der Waals surface area contributed by atoms with Crippen LogP contribution in [0, 0.1) is 0 Å². The maximum atomic E-state index is 12.0. The van der Waals surface area contributed by atoms with Crippen LogP contribution in [0.2, 0.25) is 5.02 Å². The Bertz CT molecular complexity index is 685. The molecule has 0 bridgehead atoms. The number of aromatic nitrogens is 2. The summed E-state index contributed by atoms with van der Waals surface area (Å²) in [6, 6.07) is 7.04. The van der Waals surface area contributed by atoms with Crippen molar-refractivity contribution in [1.29, 1.82) is 0 Å². The lowest BCUT2D eigenvalue weighted by atomic mass is 10.2. The monoisotopic (exact) mass is 350 g/mol. The summed E-state index contributed by atoms with van der Waals surface area (Å²) in [4.78, 5) is 14.4. The molecule has 7 nitrogen and oxygen atoms in total. The zero-order valence-electron chi connectivity index (χ0n) is 13.2. The van der Waals surface area contributed by atoms with Gasteiger partial charge in [0, 0.05) is 30.2 Å². The normalized spacial score (nSPS) is 15.4. The lowest BCUT2D eigenvalue weighted by Crippen LogP contribution is -2.38. The van der Waals surface area contributed by atoms with E-state index in [0.717, 1.165) is 39.3 Å². The second-order valence-electron chi connectivity index (χ2n) is 5.49. The van der Waals surface area contributed by atoms with Gasteiger partial charge in [-0.15, -0.1) is 10.2 Å². The van der Waals surface area contributed by atoms with E-state index in [2.05, 4.69) is 20.4 Å². The predicted molar refractivity (Wildman–Crippen MR) is 89.0 cm³/mol. The number of carbonyl (C=O) groups excluding carboxylic acids is 1. The molecule has 1 aromatic carbocycles. The first-order chi connectivity index (χ1) is 11.7. The quantitative estimate of drug-likeness (QED) is 0.801. The van der Waals surface area contributed by atoms with Crippen LogP contribution in [0.5, 0.6) is 0 Å². The van der Waals surface area contributed by atoms with Crippen molar-refractivity contribution in [3.8, 4) is 11.5 Å². The van der Waals surface area contributed by atoms with E-state index in [9.17, 15) is 4.79 Å². The number of rotatable bonds is 6. The van der Waals surface area contributed by atoms with Gasteiger partial charge in [-0.25, -0.2) is 0 Å². The van der Waals surface area contributed by atoms with Gasteiger partial charge < -0.3 is 14.5 Å². The van der Waals surface area contributed by atoms with Crippen molar-refractivity contribution >= 4 is 17.5 Å². The number of ether oxygens (including phenoxy) is 1. The summed E-state index contributed by atoms with van der Waals surface area (Å²) in [6.45, 7) is 4.94. The number of hydrogen-bond acceptors (Lipinski definition) is 6. The lowest BCUT2D eigenvalue weighted by Gasteiger charge is -2.26. The van der Waals surface area contributed by atoms with Crippen LogP contribution < -0.4 is 5.32 Å². The average molecular weight is 351 g/mol. The van der Waals surface area contributed by atoms with E-state index in [1.165, 1.54) is 0 Å². The van der Waals surface area contributed by atoms with E-state index in [0.29, 0.717) is 17.1 Å². The molecular weight excluding hydrogens is 332 g/mol. The smallest absolute Gasteiger partial charge is 0.308 e. The molecule has 3 rings (SSSR count). The molecule has 0 spiro atoms. The molecule has 1 aliphatic rings. The third-order valence-electron chi connectivity index (χ3n) is 3.73. The Hall–Kier alpha value is -1.96. The molecule has 2 aromatic rings. The zero-order valence-corrected chi connectivity index (χ0v) is 14.0. The van der Waals surface area contributed by atoms with Crippen LogP contribution in [0.1, 0.15) is 17.1 Å². The van der Waals surface area contributed by atoms with E-state index in [1.807, 2.05) is 0 Å². The lowest BCUT2D eigenvalue weighted by molar-refractivity contribution is 0.0374. The van der Waals surface area contributed by atoms with Crippen LogP contribution in [0.15, 0.2) is 28.7 Å². The molecule has 128 valence electrons. The number of amides is 1. The standard InChI is InChI=1S/C16H19ClN4O3/c17-13-4-1-3-12(11-13)15-19-20-16(24-15)14(22)18-5-2-6-21-7-9-23-10-8-21/h1,3-4,11H,2,5-10H2,(H,18,22). The number of benzene rings is 1.